The summed E-state index contributed by atoms with van der Waals surface area (Å²) >= 11 is 0. The first-order valence-corrected chi connectivity index (χ1v) is 26.8. The van der Waals surface area contributed by atoms with Crippen LogP contribution in [0.3, 0.4) is 0 Å². The number of hydrogen-bond donors (Lipinski definition) is 3. The highest BCUT2D eigenvalue weighted by Crippen LogP contribution is 2.15. The van der Waals surface area contributed by atoms with E-state index < -0.39 is 12.1 Å². The quantitative estimate of drug-likeness (QED) is 0.0322. The van der Waals surface area contributed by atoms with E-state index in [-0.39, 0.29) is 18.5 Å². The van der Waals surface area contributed by atoms with Crippen molar-refractivity contribution >= 4 is 11.9 Å². The van der Waals surface area contributed by atoms with Crippen molar-refractivity contribution in [3.63, 3.8) is 0 Å². The SMILES string of the molecule is CCCCC/C=C\CCCCCCCC(=O)OCCCCCCCCCCC/C=C\CCCCCCCCCC(=O)NC(CO)C(O)/C=C/CCCCCCCCCCCC. The van der Waals surface area contributed by atoms with Gasteiger partial charge in [-0.2, -0.15) is 0 Å². The fourth-order valence-electron chi connectivity index (χ4n) is 7.97. The van der Waals surface area contributed by atoms with Gasteiger partial charge in [-0.15, -0.1) is 0 Å². The highest BCUT2D eigenvalue weighted by Gasteiger charge is 2.18. The summed E-state index contributed by atoms with van der Waals surface area (Å²) in [6.07, 6.45) is 61.5. The third-order valence-electron chi connectivity index (χ3n) is 12.1. The van der Waals surface area contributed by atoms with Crippen LogP contribution in [0.5, 0.6) is 0 Å². The Hall–Kier alpha value is -1.92. The molecule has 0 rings (SSSR count). The summed E-state index contributed by atoms with van der Waals surface area (Å²) in [6, 6.07) is -0.633. The van der Waals surface area contributed by atoms with Gasteiger partial charge in [-0.3, -0.25) is 9.59 Å². The Balaban J connectivity index is 3.46. The van der Waals surface area contributed by atoms with Crippen molar-refractivity contribution < 1.29 is 24.5 Å². The van der Waals surface area contributed by atoms with Gasteiger partial charge in [0.25, 0.3) is 0 Å². The van der Waals surface area contributed by atoms with E-state index in [0.717, 1.165) is 51.4 Å². The molecule has 6 nitrogen and oxygen atoms in total. The maximum atomic E-state index is 12.4. The van der Waals surface area contributed by atoms with E-state index in [2.05, 4.69) is 43.5 Å². The number of aliphatic hydroxyl groups is 2. The topological polar surface area (TPSA) is 95.9 Å². The summed E-state index contributed by atoms with van der Waals surface area (Å²) in [5.74, 6) is -0.0834. The van der Waals surface area contributed by atoms with Crippen molar-refractivity contribution in [2.75, 3.05) is 13.2 Å². The molecule has 358 valence electrons. The molecule has 6 heteroatoms. The molecule has 0 heterocycles. The molecule has 0 saturated heterocycles. The highest BCUT2D eigenvalue weighted by molar-refractivity contribution is 5.76. The number of esters is 1. The van der Waals surface area contributed by atoms with E-state index in [4.69, 9.17) is 4.74 Å². The molecule has 0 saturated carbocycles. The fourth-order valence-corrected chi connectivity index (χ4v) is 7.97. The second-order valence-electron chi connectivity index (χ2n) is 18.2. The van der Waals surface area contributed by atoms with Crippen LogP contribution in [-0.4, -0.2) is 47.4 Å². The normalized spacial score (nSPS) is 12.9. The van der Waals surface area contributed by atoms with Gasteiger partial charge in [0, 0.05) is 12.8 Å². The summed E-state index contributed by atoms with van der Waals surface area (Å²) in [6.45, 7) is 4.85. The van der Waals surface area contributed by atoms with Crippen molar-refractivity contribution in [3.05, 3.63) is 36.5 Å². The molecule has 0 fully saturated rings. The highest BCUT2D eigenvalue weighted by atomic mass is 16.5. The van der Waals surface area contributed by atoms with Crippen LogP contribution in [-0.2, 0) is 14.3 Å². The number of ether oxygens (including phenoxy) is 1. The molecule has 61 heavy (non-hydrogen) atoms. The van der Waals surface area contributed by atoms with Crippen LogP contribution in [0.1, 0.15) is 277 Å². The van der Waals surface area contributed by atoms with Crippen molar-refractivity contribution in [2.45, 2.75) is 289 Å². The summed E-state index contributed by atoms with van der Waals surface area (Å²) in [4.78, 5) is 24.4. The van der Waals surface area contributed by atoms with E-state index >= 15 is 0 Å². The number of carbonyl (C=O) groups excluding carboxylic acids is 2. The van der Waals surface area contributed by atoms with E-state index in [0.29, 0.717) is 19.4 Å². The maximum Gasteiger partial charge on any atom is 0.305 e. The number of nitrogens with one attached hydrogen (secondary N) is 1. The minimum absolute atomic E-state index is 0.00525. The first-order chi connectivity index (χ1) is 30.0. The number of allylic oxidation sites excluding steroid dienone is 5. The molecule has 2 unspecified atom stereocenters. The van der Waals surface area contributed by atoms with Gasteiger partial charge < -0.3 is 20.3 Å². The Kier molecular flexibility index (Phi) is 49.1. The summed E-state index contributed by atoms with van der Waals surface area (Å²) in [5.41, 5.74) is 0. The Morgan fingerprint density at radius 3 is 1.20 bits per heavy atom. The Bertz CT molecular complexity index is 993. The molecule has 2 atom stereocenters. The third kappa shape index (κ3) is 47.4. The van der Waals surface area contributed by atoms with E-state index in [1.54, 1.807) is 6.08 Å². The first kappa shape index (κ1) is 59.1. The van der Waals surface area contributed by atoms with Crippen LogP contribution >= 0.6 is 0 Å². The van der Waals surface area contributed by atoms with Gasteiger partial charge in [-0.1, -0.05) is 217 Å². The standard InChI is InChI=1S/C55H103NO5/c1-3-5-7-9-11-13-15-27-31-35-39-43-47-53(58)52(51-57)56-54(59)48-44-40-36-32-28-25-23-21-19-17-18-20-22-24-26-30-34-38-42-46-50-61-55(60)49-45-41-37-33-29-16-14-12-10-8-6-4-2/h12,14,17,19,43,47,52-53,57-58H,3-11,13,15-16,18,20-42,44-46,48-51H2,1-2H3,(H,56,59)/b14-12-,19-17-,47-43+. The van der Waals surface area contributed by atoms with Crippen molar-refractivity contribution in [1.29, 1.82) is 0 Å². The lowest BCUT2D eigenvalue weighted by atomic mass is 10.0. The molecule has 0 spiro atoms. The number of unbranched alkanes of at least 4 members (excludes halogenated alkanes) is 34. The molecule has 0 radical (unpaired) electrons. The predicted molar refractivity (Wildman–Crippen MR) is 264 cm³/mol. The van der Waals surface area contributed by atoms with E-state index in [9.17, 15) is 19.8 Å². The summed E-state index contributed by atoms with van der Waals surface area (Å²) in [7, 11) is 0. The van der Waals surface area contributed by atoms with Crippen molar-refractivity contribution in [1.82, 2.24) is 5.32 Å². The molecule has 1 amide bonds. The lowest BCUT2D eigenvalue weighted by Gasteiger charge is -2.20. The molecule has 0 aromatic heterocycles. The summed E-state index contributed by atoms with van der Waals surface area (Å²) < 4.78 is 5.45. The summed E-state index contributed by atoms with van der Waals surface area (Å²) in [5, 5.41) is 23.0. The molecule has 3 N–H and O–H groups in total. The van der Waals surface area contributed by atoms with Gasteiger partial charge in [0.2, 0.25) is 5.91 Å². The molecule has 0 aliphatic rings. The smallest absolute Gasteiger partial charge is 0.305 e. The van der Waals surface area contributed by atoms with Crippen LogP contribution in [0.2, 0.25) is 0 Å². The Morgan fingerprint density at radius 1 is 0.443 bits per heavy atom. The second-order valence-corrected chi connectivity index (χ2v) is 18.2. The van der Waals surface area contributed by atoms with E-state index in [1.165, 1.54) is 199 Å². The van der Waals surface area contributed by atoms with Crippen LogP contribution in [0.4, 0.5) is 0 Å². The largest absolute Gasteiger partial charge is 0.466 e. The molecular formula is C55H103NO5. The molecular weight excluding hydrogens is 755 g/mol. The second kappa shape index (κ2) is 50.7. The molecule has 0 aliphatic carbocycles. The fraction of sp³-hybridized carbons (Fsp3) is 0.855. The zero-order valence-electron chi connectivity index (χ0n) is 40.6. The lowest BCUT2D eigenvalue weighted by Crippen LogP contribution is -2.45. The van der Waals surface area contributed by atoms with Gasteiger partial charge >= 0.3 is 5.97 Å². The number of aliphatic hydroxyl groups excluding tert-OH is 2. The van der Waals surface area contributed by atoms with Gasteiger partial charge in [-0.05, 0) is 83.5 Å². The van der Waals surface area contributed by atoms with Crippen molar-refractivity contribution in [3.8, 4) is 0 Å². The Morgan fingerprint density at radius 2 is 0.770 bits per heavy atom. The van der Waals surface area contributed by atoms with Gasteiger partial charge in [0.1, 0.15) is 0 Å². The monoisotopic (exact) mass is 858 g/mol. The Labute approximate surface area is 379 Å². The van der Waals surface area contributed by atoms with E-state index in [1.807, 2.05) is 6.08 Å². The maximum absolute atomic E-state index is 12.4. The van der Waals surface area contributed by atoms with Crippen LogP contribution < -0.4 is 5.32 Å². The van der Waals surface area contributed by atoms with Crippen LogP contribution in [0.15, 0.2) is 36.5 Å². The minimum atomic E-state index is -0.849. The number of hydrogen-bond acceptors (Lipinski definition) is 5. The number of amides is 1. The van der Waals surface area contributed by atoms with Gasteiger partial charge in [-0.25, -0.2) is 0 Å². The van der Waals surface area contributed by atoms with Gasteiger partial charge in [0.05, 0.1) is 25.4 Å². The third-order valence-corrected chi connectivity index (χ3v) is 12.1. The number of rotatable bonds is 49. The zero-order valence-corrected chi connectivity index (χ0v) is 40.6. The van der Waals surface area contributed by atoms with Crippen LogP contribution in [0.25, 0.3) is 0 Å². The molecule has 0 bridgehead atoms. The first-order valence-electron chi connectivity index (χ1n) is 26.8. The minimum Gasteiger partial charge on any atom is -0.466 e. The zero-order chi connectivity index (χ0) is 44.4. The lowest BCUT2D eigenvalue weighted by molar-refractivity contribution is -0.143. The number of carbonyl (C=O) groups is 2. The van der Waals surface area contributed by atoms with Crippen molar-refractivity contribution in [2.24, 2.45) is 0 Å². The average Bonchev–Trinajstić information content (AvgIpc) is 3.26. The van der Waals surface area contributed by atoms with Gasteiger partial charge in [0.15, 0.2) is 0 Å². The molecule has 0 aromatic carbocycles. The predicted octanol–water partition coefficient (Wildman–Crippen LogP) is 16.1. The average molecular weight is 858 g/mol. The molecule has 0 aromatic rings. The molecule has 0 aliphatic heterocycles. The van der Waals surface area contributed by atoms with Crippen LogP contribution in [0, 0.1) is 0 Å².